The Labute approximate surface area is 115 Å². The maximum atomic E-state index is 11.6. The summed E-state index contributed by atoms with van der Waals surface area (Å²) in [5, 5.41) is 5.85. The lowest BCUT2D eigenvalue weighted by Gasteiger charge is -2.30. The van der Waals surface area contributed by atoms with Crippen LogP contribution in [0.1, 0.15) is 51.4 Å². The Balaban J connectivity index is 1.49. The molecule has 0 aromatic carbocycles. The van der Waals surface area contributed by atoms with Crippen LogP contribution in [0.2, 0.25) is 0 Å². The van der Waals surface area contributed by atoms with E-state index in [1.807, 2.05) is 4.90 Å². The van der Waals surface area contributed by atoms with Crippen molar-refractivity contribution in [3.05, 3.63) is 0 Å². The fourth-order valence-electron chi connectivity index (χ4n) is 2.65. The van der Waals surface area contributed by atoms with Gasteiger partial charge in [-0.1, -0.05) is 19.3 Å². The molecular formula is C14H25N3O2. The van der Waals surface area contributed by atoms with Gasteiger partial charge in [0.1, 0.15) is 0 Å². The van der Waals surface area contributed by atoms with Gasteiger partial charge in [-0.15, -0.1) is 0 Å². The molecule has 2 fully saturated rings. The predicted molar refractivity (Wildman–Crippen MR) is 73.8 cm³/mol. The molecule has 0 radical (unpaired) electrons. The van der Waals surface area contributed by atoms with Crippen LogP contribution in [0, 0.1) is 0 Å². The fraction of sp³-hybridized carbons (Fsp3) is 0.857. The van der Waals surface area contributed by atoms with Crippen molar-refractivity contribution in [1.82, 2.24) is 15.5 Å². The Hall–Kier alpha value is -1.26. The van der Waals surface area contributed by atoms with Crippen LogP contribution in [0.5, 0.6) is 0 Å². The highest BCUT2D eigenvalue weighted by Gasteiger charge is 2.19. The number of urea groups is 1. The summed E-state index contributed by atoms with van der Waals surface area (Å²) in [5.41, 5.74) is 0. The molecule has 19 heavy (non-hydrogen) atoms. The molecule has 3 amide bonds. The van der Waals surface area contributed by atoms with E-state index in [0.29, 0.717) is 19.0 Å². The van der Waals surface area contributed by atoms with Gasteiger partial charge in [-0.05, 0) is 25.7 Å². The molecule has 0 bridgehead atoms. The van der Waals surface area contributed by atoms with Crippen molar-refractivity contribution < 1.29 is 9.59 Å². The summed E-state index contributed by atoms with van der Waals surface area (Å²) < 4.78 is 0. The van der Waals surface area contributed by atoms with Gasteiger partial charge in [0, 0.05) is 32.1 Å². The molecule has 0 aromatic heterocycles. The molecule has 1 saturated carbocycles. The van der Waals surface area contributed by atoms with E-state index < -0.39 is 0 Å². The minimum absolute atomic E-state index is 0.0803. The fourth-order valence-corrected chi connectivity index (χ4v) is 2.65. The molecule has 2 aliphatic rings. The number of carbonyl (C=O) groups is 2. The Morgan fingerprint density at radius 1 is 1.05 bits per heavy atom. The molecule has 1 saturated heterocycles. The van der Waals surface area contributed by atoms with Gasteiger partial charge in [-0.25, -0.2) is 4.79 Å². The van der Waals surface area contributed by atoms with Crippen molar-refractivity contribution in [3.8, 4) is 0 Å². The zero-order valence-electron chi connectivity index (χ0n) is 11.6. The van der Waals surface area contributed by atoms with Crippen LogP contribution in [0.3, 0.4) is 0 Å². The number of carbonyl (C=O) groups excluding carboxylic acids is 2. The Morgan fingerprint density at radius 3 is 2.42 bits per heavy atom. The first-order chi connectivity index (χ1) is 9.25. The first kappa shape index (κ1) is 14.2. The van der Waals surface area contributed by atoms with E-state index in [0.717, 1.165) is 38.8 Å². The van der Waals surface area contributed by atoms with Gasteiger partial charge in [0.15, 0.2) is 0 Å². The van der Waals surface area contributed by atoms with Crippen molar-refractivity contribution in [2.24, 2.45) is 0 Å². The molecule has 1 aliphatic carbocycles. The Bertz CT molecular complexity index is 310. The predicted octanol–water partition coefficient (Wildman–Crippen LogP) is 1.63. The second-order valence-electron chi connectivity index (χ2n) is 5.57. The largest absolute Gasteiger partial charge is 0.343 e. The summed E-state index contributed by atoms with van der Waals surface area (Å²) in [6.07, 6.45) is 8.33. The summed E-state index contributed by atoms with van der Waals surface area (Å²) >= 11 is 0. The van der Waals surface area contributed by atoms with Crippen LogP contribution in [-0.2, 0) is 4.79 Å². The second kappa shape index (κ2) is 7.36. The quantitative estimate of drug-likeness (QED) is 0.744. The number of likely N-dealkylation sites (tertiary alicyclic amines) is 1. The zero-order valence-corrected chi connectivity index (χ0v) is 11.6. The molecule has 1 aliphatic heterocycles. The number of hydrogen-bond acceptors (Lipinski definition) is 2. The van der Waals surface area contributed by atoms with E-state index in [9.17, 15) is 9.59 Å². The van der Waals surface area contributed by atoms with E-state index in [1.54, 1.807) is 0 Å². The van der Waals surface area contributed by atoms with Gasteiger partial charge in [0.2, 0.25) is 5.91 Å². The summed E-state index contributed by atoms with van der Waals surface area (Å²) in [7, 11) is 0. The van der Waals surface area contributed by atoms with Gasteiger partial charge in [0.25, 0.3) is 0 Å². The molecule has 1 heterocycles. The van der Waals surface area contributed by atoms with Crippen LogP contribution >= 0.6 is 0 Å². The molecule has 0 aromatic rings. The maximum absolute atomic E-state index is 11.6. The normalized spacial score (nSPS) is 19.7. The lowest BCUT2D eigenvalue weighted by atomic mass is 9.96. The molecule has 2 rings (SSSR count). The van der Waals surface area contributed by atoms with Gasteiger partial charge in [-0.3, -0.25) is 4.79 Å². The number of hydrogen-bond donors (Lipinski definition) is 2. The van der Waals surface area contributed by atoms with Crippen molar-refractivity contribution >= 4 is 11.9 Å². The van der Waals surface area contributed by atoms with Crippen LogP contribution < -0.4 is 10.6 Å². The highest BCUT2D eigenvalue weighted by molar-refractivity contribution is 5.77. The lowest BCUT2D eigenvalue weighted by molar-refractivity contribution is -0.134. The van der Waals surface area contributed by atoms with Crippen molar-refractivity contribution in [3.63, 3.8) is 0 Å². The van der Waals surface area contributed by atoms with Crippen LogP contribution in [0.4, 0.5) is 4.79 Å². The topological polar surface area (TPSA) is 61.4 Å². The summed E-state index contributed by atoms with van der Waals surface area (Å²) in [6.45, 7) is 2.40. The van der Waals surface area contributed by atoms with Crippen molar-refractivity contribution in [1.29, 1.82) is 0 Å². The third kappa shape index (κ3) is 4.73. The highest BCUT2D eigenvalue weighted by atomic mass is 16.2. The summed E-state index contributed by atoms with van der Waals surface area (Å²) in [5.74, 6) is 0.223. The van der Waals surface area contributed by atoms with Gasteiger partial charge in [0.05, 0.1) is 0 Å². The average molecular weight is 267 g/mol. The number of amides is 3. The van der Waals surface area contributed by atoms with Crippen LogP contribution in [0.25, 0.3) is 0 Å². The average Bonchev–Trinajstić information content (AvgIpc) is 2.34. The number of nitrogens with one attached hydrogen (secondary N) is 2. The van der Waals surface area contributed by atoms with E-state index in [4.69, 9.17) is 0 Å². The van der Waals surface area contributed by atoms with Crippen LogP contribution in [0.15, 0.2) is 0 Å². The van der Waals surface area contributed by atoms with Gasteiger partial charge in [-0.2, -0.15) is 0 Å². The first-order valence-corrected chi connectivity index (χ1v) is 7.58. The minimum Gasteiger partial charge on any atom is -0.343 e. The monoisotopic (exact) mass is 267 g/mol. The molecule has 0 atom stereocenters. The molecular weight excluding hydrogens is 242 g/mol. The van der Waals surface area contributed by atoms with Crippen molar-refractivity contribution in [2.75, 3.05) is 19.6 Å². The standard InChI is InChI=1S/C14H25N3O2/c18-13(17-10-5-11-17)8-4-9-15-14(19)16-12-6-2-1-3-7-12/h12H,1-11H2,(H2,15,16,19). The molecule has 0 spiro atoms. The Morgan fingerprint density at radius 2 is 1.79 bits per heavy atom. The molecule has 5 nitrogen and oxygen atoms in total. The highest BCUT2D eigenvalue weighted by Crippen LogP contribution is 2.17. The SMILES string of the molecule is O=C(NCCCC(=O)N1CCC1)NC1CCCCC1. The number of rotatable bonds is 5. The van der Waals surface area contributed by atoms with E-state index >= 15 is 0 Å². The van der Waals surface area contributed by atoms with Gasteiger partial charge >= 0.3 is 6.03 Å². The summed E-state index contributed by atoms with van der Waals surface area (Å²) in [4.78, 5) is 25.1. The van der Waals surface area contributed by atoms with Crippen molar-refractivity contribution in [2.45, 2.75) is 57.4 Å². The zero-order chi connectivity index (χ0) is 13.5. The minimum atomic E-state index is -0.0803. The molecule has 0 unspecified atom stereocenters. The maximum Gasteiger partial charge on any atom is 0.315 e. The Kier molecular flexibility index (Phi) is 5.48. The first-order valence-electron chi connectivity index (χ1n) is 7.58. The lowest BCUT2D eigenvalue weighted by Crippen LogP contribution is -2.44. The summed E-state index contributed by atoms with van der Waals surface area (Å²) in [6, 6.07) is 0.264. The van der Waals surface area contributed by atoms with E-state index in [2.05, 4.69) is 10.6 Å². The molecule has 2 N–H and O–H groups in total. The second-order valence-corrected chi connectivity index (χ2v) is 5.57. The van der Waals surface area contributed by atoms with E-state index in [1.165, 1.54) is 19.3 Å². The van der Waals surface area contributed by atoms with E-state index in [-0.39, 0.29) is 11.9 Å². The van der Waals surface area contributed by atoms with Crippen LogP contribution in [-0.4, -0.2) is 42.5 Å². The third-order valence-electron chi connectivity index (χ3n) is 4.00. The smallest absolute Gasteiger partial charge is 0.315 e. The number of nitrogens with zero attached hydrogens (tertiary/aromatic N) is 1. The van der Waals surface area contributed by atoms with Gasteiger partial charge < -0.3 is 15.5 Å². The third-order valence-corrected chi connectivity index (χ3v) is 4.00. The molecule has 108 valence electrons. The molecule has 5 heteroatoms.